The quantitative estimate of drug-likeness (QED) is 0.826. The summed E-state index contributed by atoms with van der Waals surface area (Å²) in [7, 11) is 0. The van der Waals surface area contributed by atoms with E-state index in [2.05, 4.69) is 15.3 Å². The summed E-state index contributed by atoms with van der Waals surface area (Å²) in [6.07, 6.45) is 8.73. The second-order valence-electron chi connectivity index (χ2n) is 5.82. The Hall–Kier alpha value is -1.89. The molecule has 0 unspecified atom stereocenters. The Kier molecular flexibility index (Phi) is 8.09. The van der Waals surface area contributed by atoms with Gasteiger partial charge in [0.05, 0.1) is 11.7 Å². The minimum absolute atomic E-state index is 0. The number of benzene rings is 1. The molecule has 1 aromatic carbocycles. The second kappa shape index (κ2) is 9.56. The van der Waals surface area contributed by atoms with Gasteiger partial charge < -0.3 is 15.8 Å². The van der Waals surface area contributed by atoms with Crippen molar-refractivity contribution in [2.75, 3.05) is 6.54 Å². The highest BCUT2D eigenvalue weighted by atomic mass is 35.5. The van der Waals surface area contributed by atoms with Gasteiger partial charge in [0.25, 0.3) is 5.91 Å². The SMILES string of the molecule is Cl.Cl.NCC1(NC(=O)c2cccc(Oc3cnccn3)c2)CCCC1. The molecule has 8 heteroatoms. The van der Waals surface area contributed by atoms with E-state index in [1.165, 1.54) is 6.20 Å². The molecule has 1 aliphatic carbocycles. The van der Waals surface area contributed by atoms with Gasteiger partial charge in [-0.2, -0.15) is 0 Å². The average Bonchev–Trinajstić information content (AvgIpc) is 3.05. The average molecular weight is 385 g/mol. The van der Waals surface area contributed by atoms with E-state index in [1.807, 2.05) is 0 Å². The molecule has 1 heterocycles. The van der Waals surface area contributed by atoms with E-state index >= 15 is 0 Å². The third kappa shape index (κ3) is 5.29. The van der Waals surface area contributed by atoms with Gasteiger partial charge in [0, 0.05) is 24.5 Å². The van der Waals surface area contributed by atoms with E-state index in [1.54, 1.807) is 36.7 Å². The summed E-state index contributed by atoms with van der Waals surface area (Å²) in [4.78, 5) is 20.5. The van der Waals surface area contributed by atoms with Gasteiger partial charge in [-0.1, -0.05) is 18.9 Å². The zero-order valence-electron chi connectivity index (χ0n) is 13.7. The lowest BCUT2D eigenvalue weighted by molar-refractivity contribution is 0.0903. The summed E-state index contributed by atoms with van der Waals surface area (Å²) in [5, 5.41) is 3.10. The summed E-state index contributed by atoms with van der Waals surface area (Å²) < 4.78 is 5.61. The van der Waals surface area contributed by atoms with E-state index in [0.29, 0.717) is 23.7 Å². The van der Waals surface area contributed by atoms with Crippen LogP contribution in [0, 0.1) is 0 Å². The molecule has 1 fully saturated rings. The molecule has 6 nitrogen and oxygen atoms in total. The lowest BCUT2D eigenvalue weighted by Gasteiger charge is -2.28. The van der Waals surface area contributed by atoms with Crippen molar-refractivity contribution in [2.24, 2.45) is 5.73 Å². The van der Waals surface area contributed by atoms with Gasteiger partial charge in [-0.3, -0.25) is 9.78 Å². The molecule has 1 saturated carbocycles. The molecule has 136 valence electrons. The number of hydrogen-bond acceptors (Lipinski definition) is 5. The first-order chi connectivity index (χ1) is 11.2. The molecule has 0 radical (unpaired) electrons. The summed E-state index contributed by atoms with van der Waals surface area (Å²) in [6, 6.07) is 7.02. The third-order valence-electron chi connectivity index (χ3n) is 4.19. The van der Waals surface area contributed by atoms with E-state index in [4.69, 9.17) is 10.5 Å². The van der Waals surface area contributed by atoms with Crippen LogP contribution in [0.4, 0.5) is 0 Å². The molecular weight excluding hydrogens is 363 g/mol. The third-order valence-corrected chi connectivity index (χ3v) is 4.19. The molecule has 2 aromatic rings. The van der Waals surface area contributed by atoms with Gasteiger partial charge in [-0.15, -0.1) is 24.8 Å². The molecule has 0 spiro atoms. The Balaban J connectivity index is 0.00000156. The maximum absolute atomic E-state index is 12.5. The molecular formula is C17H22Cl2N4O2. The fourth-order valence-electron chi connectivity index (χ4n) is 2.90. The number of carbonyl (C=O) groups excluding carboxylic acids is 1. The first-order valence-electron chi connectivity index (χ1n) is 7.77. The molecule has 3 N–H and O–H groups in total. The lowest BCUT2D eigenvalue weighted by Crippen LogP contribution is -2.51. The maximum atomic E-state index is 12.5. The van der Waals surface area contributed by atoms with Gasteiger partial charge >= 0.3 is 0 Å². The topological polar surface area (TPSA) is 90.1 Å². The number of rotatable bonds is 5. The van der Waals surface area contributed by atoms with Crippen LogP contribution in [0.25, 0.3) is 0 Å². The van der Waals surface area contributed by atoms with Crippen LogP contribution in [0.3, 0.4) is 0 Å². The van der Waals surface area contributed by atoms with Gasteiger partial charge in [-0.05, 0) is 31.0 Å². The van der Waals surface area contributed by atoms with E-state index in [0.717, 1.165) is 25.7 Å². The van der Waals surface area contributed by atoms with Crippen LogP contribution in [-0.4, -0.2) is 28.0 Å². The van der Waals surface area contributed by atoms with Gasteiger partial charge in [0.15, 0.2) is 0 Å². The number of nitrogens with two attached hydrogens (primary N) is 1. The van der Waals surface area contributed by atoms with E-state index < -0.39 is 0 Å². The summed E-state index contributed by atoms with van der Waals surface area (Å²) >= 11 is 0. The Bertz CT molecular complexity index is 679. The van der Waals surface area contributed by atoms with Crippen LogP contribution >= 0.6 is 24.8 Å². The van der Waals surface area contributed by atoms with Crippen molar-refractivity contribution < 1.29 is 9.53 Å². The zero-order valence-corrected chi connectivity index (χ0v) is 15.3. The van der Waals surface area contributed by atoms with Crippen LogP contribution in [0.15, 0.2) is 42.9 Å². The van der Waals surface area contributed by atoms with Crippen LogP contribution in [0.2, 0.25) is 0 Å². The van der Waals surface area contributed by atoms with E-state index in [-0.39, 0.29) is 36.3 Å². The molecule has 0 aliphatic heterocycles. The molecule has 1 amide bonds. The predicted octanol–water partition coefficient (Wildman–Crippen LogP) is 3.11. The minimum atomic E-state index is -0.265. The smallest absolute Gasteiger partial charge is 0.251 e. The number of nitrogens with one attached hydrogen (secondary N) is 1. The van der Waals surface area contributed by atoms with Crippen LogP contribution in [0.5, 0.6) is 11.6 Å². The zero-order chi connectivity index (χ0) is 16.1. The van der Waals surface area contributed by atoms with Crippen LogP contribution in [-0.2, 0) is 0 Å². The molecule has 0 saturated heterocycles. The van der Waals surface area contributed by atoms with Crippen molar-refractivity contribution >= 4 is 30.7 Å². The van der Waals surface area contributed by atoms with Crippen molar-refractivity contribution in [3.8, 4) is 11.6 Å². The van der Waals surface area contributed by atoms with Crippen molar-refractivity contribution in [1.29, 1.82) is 0 Å². The van der Waals surface area contributed by atoms with Crippen molar-refractivity contribution in [3.63, 3.8) is 0 Å². The Labute approximate surface area is 159 Å². The molecule has 3 rings (SSSR count). The number of ether oxygens (including phenoxy) is 1. The molecule has 25 heavy (non-hydrogen) atoms. The molecule has 1 aliphatic rings. The van der Waals surface area contributed by atoms with Crippen molar-refractivity contribution in [2.45, 2.75) is 31.2 Å². The van der Waals surface area contributed by atoms with Crippen LogP contribution < -0.4 is 15.8 Å². The second-order valence-corrected chi connectivity index (χ2v) is 5.82. The molecule has 1 aromatic heterocycles. The summed E-state index contributed by atoms with van der Waals surface area (Å²) in [5.74, 6) is 0.813. The van der Waals surface area contributed by atoms with Crippen molar-refractivity contribution in [1.82, 2.24) is 15.3 Å². The van der Waals surface area contributed by atoms with E-state index in [9.17, 15) is 4.79 Å². The standard InChI is InChI=1S/C17H20N4O2.2ClH/c18-12-17(6-1-2-7-17)21-16(22)13-4-3-5-14(10-13)23-15-11-19-8-9-20-15;;/h3-5,8-11H,1-2,6-7,12,18H2,(H,21,22);2*1H. The number of aromatic nitrogens is 2. The normalized spacial score (nSPS) is 14.8. The minimum Gasteiger partial charge on any atom is -0.437 e. The largest absolute Gasteiger partial charge is 0.437 e. The highest BCUT2D eigenvalue weighted by Gasteiger charge is 2.34. The number of carbonyl (C=O) groups is 1. The number of nitrogens with zero attached hydrogens (tertiary/aromatic N) is 2. The lowest BCUT2D eigenvalue weighted by atomic mass is 9.97. The fourth-order valence-corrected chi connectivity index (χ4v) is 2.90. The predicted molar refractivity (Wildman–Crippen MR) is 101 cm³/mol. The summed E-state index contributed by atoms with van der Waals surface area (Å²) in [6.45, 7) is 0.467. The number of halogens is 2. The summed E-state index contributed by atoms with van der Waals surface area (Å²) in [5.41, 5.74) is 6.15. The van der Waals surface area contributed by atoms with Crippen molar-refractivity contribution in [3.05, 3.63) is 48.4 Å². The number of amides is 1. The molecule has 0 atom stereocenters. The monoisotopic (exact) mass is 384 g/mol. The fraction of sp³-hybridized carbons (Fsp3) is 0.353. The highest BCUT2D eigenvalue weighted by molar-refractivity contribution is 5.95. The highest BCUT2D eigenvalue weighted by Crippen LogP contribution is 2.29. The number of hydrogen-bond donors (Lipinski definition) is 2. The maximum Gasteiger partial charge on any atom is 0.251 e. The Morgan fingerprint density at radius 1 is 1.24 bits per heavy atom. The van der Waals surface area contributed by atoms with Gasteiger partial charge in [-0.25, -0.2) is 4.98 Å². The van der Waals surface area contributed by atoms with Gasteiger partial charge in [0.2, 0.25) is 5.88 Å². The Morgan fingerprint density at radius 3 is 2.64 bits per heavy atom. The van der Waals surface area contributed by atoms with Crippen LogP contribution in [0.1, 0.15) is 36.0 Å². The first kappa shape index (κ1) is 21.2. The Morgan fingerprint density at radius 2 is 2.00 bits per heavy atom. The molecule has 0 bridgehead atoms. The first-order valence-corrected chi connectivity index (χ1v) is 7.77. The van der Waals surface area contributed by atoms with Gasteiger partial charge in [0.1, 0.15) is 5.75 Å².